The Hall–Kier alpha value is -5.80. The fourth-order valence-electron chi connectivity index (χ4n) is 6.65. The molecular formula is C43H33N3. The van der Waals surface area contributed by atoms with Gasteiger partial charge in [0.05, 0.1) is 22.8 Å². The summed E-state index contributed by atoms with van der Waals surface area (Å²) in [5.41, 5.74) is 13.3. The molecule has 3 heteroatoms. The SMILES string of the molecule is CC1(C)c2ccccc2N(c2ccc(-c3nc(-c4ccccc4)cc(-c4ccc(-c5ccccc5)cc4)n3)cc2)c2ccccc21. The first kappa shape index (κ1) is 27.7. The molecule has 0 radical (unpaired) electrons. The second-order valence-corrected chi connectivity index (χ2v) is 12.3. The highest BCUT2D eigenvalue weighted by Crippen LogP contribution is 2.51. The minimum Gasteiger partial charge on any atom is -0.310 e. The molecule has 0 fully saturated rings. The molecule has 46 heavy (non-hydrogen) atoms. The van der Waals surface area contributed by atoms with Crippen LogP contribution in [0.15, 0.2) is 164 Å². The van der Waals surface area contributed by atoms with Crippen molar-refractivity contribution in [2.45, 2.75) is 19.3 Å². The standard InChI is InChI=1S/C43H33N3/c1-43(2)36-17-9-11-19-40(36)46(41-20-12-10-18-37(41)43)35-27-25-34(26-28-35)42-44-38(32-15-7-4-8-16-32)29-39(45-42)33-23-21-31(22-24-33)30-13-5-3-6-14-30/h3-29H,1-2H3. The van der Waals surface area contributed by atoms with Gasteiger partial charge < -0.3 is 4.90 Å². The predicted molar refractivity (Wildman–Crippen MR) is 191 cm³/mol. The average Bonchev–Trinajstić information content (AvgIpc) is 3.13. The topological polar surface area (TPSA) is 29.0 Å². The summed E-state index contributed by atoms with van der Waals surface area (Å²) in [7, 11) is 0. The first-order valence-electron chi connectivity index (χ1n) is 15.8. The molecule has 1 aromatic heterocycles. The molecule has 0 saturated carbocycles. The zero-order valence-electron chi connectivity index (χ0n) is 25.9. The smallest absolute Gasteiger partial charge is 0.160 e. The lowest BCUT2D eigenvalue weighted by atomic mass is 9.73. The molecule has 0 bridgehead atoms. The third-order valence-electron chi connectivity index (χ3n) is 9.10. The van der Waals surface area contributed by atoms with E-state index in [4.69, 9.17) is 9.97 Å². The Balaban J connectivity index is 1.20. The Bertz CT molecular complexity index is 2100. The molecule has 1 aliphatic rings. The maximum Gasteiger partial charge on any atom is 0.160 e. The summed E-state index contributed by atoms with van der Waals surface area (Å²) in [6.07, 6.45) is 0. The monoisotopic (exact) mass is 591 g/mol. The summed E-state index contributed by atoms with van der Waals surface area (Å²) in [5.74, 6) is 0.704. The van der Waals surface area contributed by atoms with Crippen LogP contribution in [0.2, 0.25) is 0 Å². The number of rotatable bonds is 5. The van der Waals surface area contributed by atoms with Gasteiger partial charge >= 0.3 is 0 Å². The van der Waals surface area contributed by atoms with Crippen LogP contribution >= 0.6 is 0 Å². The summed E-state index contributed by atoms with van der Waals surface area (Å²) in [6.45, 7) is 4.63. The van der Waals surface area contributed by atoms with Crippen LogP contribution in [0.4, 0.5) is 17.1 Å². The third kappa shape index (κ3) is 4.87. The fourth-order valence-corrected chi connectivity index (χ4v) is 6.65. The Labute approximate surface area is 270 Å². The van der Waals surface area contributed by atoms with Crippen molar-refractivity contribution in [1.29, 1.82) is 0 Å². The molecule has 3 nitrogen and oxygen atoms in total. The quantitative estimate of drug-likeness (QED) is 0.199. The Morgan fingerprint density at radius 2 is 0.826 bits per heavy atom. The summed E-state index contributed by atoms with van der Waals surface area (Å²) < 4.78 is 0. The molecule has 7 aromatic rings. The lowest BCUT2D eigenvalue weighted by molar-refractivity contribution is 0.632. The summed E-state index contributed by atoms with van der Waals surface area (Å²) in [4.78, 5) is 12.6. The van der Waals surface area contributed by atoms with Crippen molar-refractivity contribution < 1.29 is 0 Å². The van der Waals surface area contributed by atoms with Crippen LogP contribution in [0.3, 0.4) is 0 Å². The molecule has 2 heterocycles. The van der Waals surface area contributed by atoms with Crippen LogP contribution in [0.25, 0.3) is 45.0 Å². The molecular weight excluding hydrogens is 558 g/mol. The Morgan fingerprint density at radius 3 is 1.39 bits per heavy atom. The van der Waals surface area contributed by atoms with Crippen LogP contribution < -0.4 is 4.90 Å². The molecule has 0 saturated heterocycles. The summed E-state index contributed by atoms with van der Waals surface area (Å²) >= 11 is 0. The maximum absolute atomic E-state index is 5.11. The number of hydrogen-bond acceptors (Lipinski definition) is 3. The van der Waals surface area contributed by atoms with Gasteiger partial charge in [0.15, 0.2) is 5.82 Å². The minimum absolute atomic E-state index is 0.0922. The van der Waals surface area contributed by atoms with E-state index in [1.807, 2.05) is 12.1 Å². The second kappa shape index (κ2) is 11.3. The highest BCUT2D eigenvalue weighted by atomic mass is 15.2. The van der Waals surface area contributed by atoms with Crippen LogP contribution in [0.5, 0.6) is 0 Å². The van der Waals surface area contributed by atoms with E-state index < -0.39 is 0 Å². The van der Waals surface area contributed by atoms with Crippen molar-refractivity contribution in [3.8, 4) is 45.0 Å². The Kier molecular flexibility index (Phi) is 6.80. The van der Waals surface area contributed by atoms with Gasteiger partial charge in [0.25, 0.3) is 0 Å². The fraction of sp³-hybridized carbons (Fsp3) is 0.0698. The van der Waals surface area contributed by atoms with Gasteiger partial charge in [-0.1, -0.05) is 135 Å². The normalized spacial score (nSPS) is 13.1. The number of hydrogen-bond donors (Lipinski definition) is 0. The van der Waals surface area contributed by atoms with Gasteiger partial charge in [0.1, 0.15) is 0 Å². The first-order valence-corrected chi connectivity index (χ1v) is 15.8. The van der Waals surface area contributed by atoms with Gasteiger partial charge in [0.2, 0.25) is 0 Å². The van der Waals surface area contributed by atoms with Crippen LogP contribution in [-0.4, -0.2) is 9.97 Å². The molecule has 8 rings (SSSR count). The number of benzene rings is 6. The number of anilines is 3. The lowest BCUT2D eigenvalue weighted by Gasteiger charge is -2.42. The summed E-state index contributed by atoms with van der Waals surface area (Å²) in [6, 6.07) is 57.7. The van der Waals surface area contributed by atoms with Crippen LogP contribution in [-0.2, 0) is 5.41 Å². The van der Waals surface area contributed by atoms with Crippen molar-refractivity contribution in [2.75, 3.05) is 4.90 Å². The van der Waals surface area contributed by atoms with Crippen LogP contribution in [0, 0.1) is 0 Å². The van der Waals surface area contributed by atoms with E-state index >= 15 is 0 Å². The molecule has 0 unspecified atom stereocenters. The molecule has 0 amide bonds. The zero-order chi connectivity index (χ0) is 31.1. The second-order valence-electron chi connectivity index (χ2n) is 12.3. The predicted octanol–water partition coefficient (Wildman–Crippen LogP) is 11.3. The van der Waals surface area contributed by atoms with Gasteiger partial charge in [-0.3, -0.25) is 0 Å². The molecule has 220 valence electrons. The van der Waals surface area contributed by atoms with Gasteiger partial charge in [0, 0.05) is 27.8 Å². The molecule has 0 spiro atoms. The van der Waals surface area contributed by atoms with E-state index in [2.05, 4.69) is 170 Å². The van der Waals surface area contributed by atoms with E-state index in [0.717, 1.165) is 33.8 Å². The van der Waals surface area contributed by atoms with E-state index in [1.54, 1.807) is 0 Å². The molecule has 1 aliphatic heterocycles. The molecule has 0 atom stereocenters. The van der Waals surface area contributed by atoms with E-state index in [-0.39, 0.29) is 5.41 Å². The van der Waals surface area contributed by atoms with E-state index in [9.17, 15) is 0 Å². The maximum atomic E-state index is 5.11. The summed E-state index contributed by atoms with van der Waals surface area (Å²) in [5, 5.41) is 0. The lowest BCUT2D eigenvalue weighted by Crippen LogP contribution is -2.30. The van der Waals surface area contributed by atoms with Crippen molar-refractivity contribution in [2.24, 2.45) is 0 Å². The minimum atomic E-state index is -0.0922. The molecule has 0 aliphatic carbocycles. The van der Waals surface area contributed by atoms with Crippen molar-refractivity contribution >= 4 is 17.1 Å². The van der Waals surface area contributed by atoms with Gasteiger partial charge in [-0.2, -0.15) is 0 Å². The molecule has 0 N–H and O–H groups in total. The zero-order valence-corrected chi connectivity index (χ0v) is 25.9. The van der Waals surface area contributed by atoms with Gasteiger partial charge in [-0.15, -0.1) is 0 Å². The van der Waals surface area contributed by atoms with E-state index in [0.29, 0.717) is 5.82 Å². The average molecular weight is 592 g/mol. The van der Waals surface area contributed by atoms with Gasteiger partial charge in [-0.25, -0.2) is 9.97 Å². The van der Waals surface area contributed by atoms with E-state index in [1.165, 1.54) is 33.6 Å². The van der Waals surface area contributed by atoms with Crippen molar-refractivity contribution in [3.05, 3.63) is 175 Å². The van der Waals surface area contributed by atoms with Crippen LogP contribution in [0.1, 0.15) is 25.0 Å². The third-order valence-corrected chi connectivity index (χ3v) is 9.10. The first-order chi connectivity index (χ1) is 22.6. The van der Waals surface area contributed by atoms with Crippen molar-refractivity contribution in [3.63, 3.8) is 0 Å². The highest BCUT2D eigenvalue weighted by Gasteiger charge is 2.36. The molecule has 6 aromatic carbocycles. The highest BCUT2D eigenvalue weighted by molar-refractivity contribution is 5.86. The number of nitrogens with zero attached hydrogens (tertiary/aromatic N) is 3. The number of aromatic nitrogens is 2. The van der Waals surface area contributed by atoms with Gasteiger partial charge in [-0.05, 0) is 64.7 Å². The van der Waals surface area contributed by atoms with Crippen molar-refractivity contribution in [1.82, 2.24) is 9.97 Å². The number of fused-ring (bicyclic) bond motifs is 2. The number of para-hydroxylation sites is 2. The Morgan fingerprint density at radius 1 is 0.413 bits per heavy atom. The largest absolute Gasteiger partial charge is 0.310 e.